The van der Waals surface area contributed by atoms with E-state index >= 15 is 0 Å². The molecule has 1 amide bonds. The first kappa shape index (κ1) is 18.9. The number of H-pyrrole nitrogens is 1. The van der Waals surface area contributed by atoms with Crippen LogP contribution in [0.3, 0.4) is 0 Å². The van der Waals surface area contributed by atoms with Crippen LogP contribution in [0, 0.1) is 3.57 Å². The molecule has 1 heterocycles. The van der Waals surface area contributed by atoms with Crippen LogP contribution in [-0.4, -0.2) is 26.8 Å². The van der Waals surface area contributed by atoms with Gasteiger partial charge in [0.1, 0.15) is 5.56 Å². The minimum atomic E-state index is -0.796. The highest BCUT2D eigenvalue weighted by atomic mass is 127. The number of carbonyl (C=O) groups is 1. The molecule has 8 nitrogen and oxygen atoms in total. The number of nitrogens with one attached hydrogen (secondary N) is 2. The molecule has 132 valence electrons. The quantitative estimate of drug-likeness (QED) is 0.347. The molecule has 3 N–H and O–H groups in total. The highest BCUT2D eigenvalue weighted by Crippen LogP contribution is 2.16. The van der Waals surface area contributed by atoms with Crippen LogP contribution in [0.15, 0.2) is 39.0 Å². The Morgan fingerprint density at radius 3 is 2.68 bits per heavy atom. The van der Waals surface area contributed by atoms with Gasteiger partial charge in [-0.15, -0.1) is 0 Å². The molecule has 0 spiro atoms. The molecule has 2 rings (SSSR count). The summed E-state index contributed by atoms with van der Waals surface area (Å²) < 4.78 is 1.91. The van der Waals surface area contributed by atoms with Crippen LogP contribution in [0.5, 0.6) is 5.88 Å². The van der Waals surface area contributed by atoms with E-state index in [1.54, 1.807) is 24.3 Å². The number of unbranched alkanes of at least 4 members (excludes halogenated alkanes) is 1. The van der Waals surface area contributed by atoms with E-state index < -0.39 is 17.1 Å². The van der Waals surface area contributed by atoms with Crippen molar-refractivity contribution in [2.45, 2.75) is 26.2 Å². The zero-order valence-electron chi connectivity index (χ0n) is 13.5. The summed E-state index contributed by atoms with van der Waals surface area (Å²) in [5.41, 5.74) is 0.876. The summed E-state index contributed by atoms with van der Waals surface area (Å²) in [6.45, 7) is 1.96. The van der Waals surface area contributed by atoms with Gasteiger partial charge in [0.05, 0.1) is 11.9 Å². The Kier molecular flexibility index (Phi) is 6.51. The first-order valence-corrected chi connectivity index (χ1v) is 8.68. The molecule has 2 aromatic rings. The topological polar surface area (TPSA) is 117 Å². The lowest BCUT2D eigenvalue weighted by Gasteiger charge is -2.09. The molecule has 0 bridgehead atoms. The molecule has 0 saturated heterocycles. The van der Waals surface area contributed by atoms with E-state index in [0.717, 1.165) is 27.2 Å². The number of aromatic hydroxyl groups is 1. The van der Waals surface area contributed by atoms with E-state index in [9.17, 15) is 19.5 Å². The summed E-state index contributed by atoms with van der Waals surface area (Å²) in [6.07, 6.45) is 2.93. The molecule has 0 saturated carbocycles. The van der Waals surface area contributed by atoms with Crippen LogP contribution in [0.1, 0.15) is 31.7 Å². The molecule has 9 heteroatoms. The van der Waals surface area contributed by atoms with Crippen molar-refractivity contribution in [3.63, 3.8) is 0 Å². The highest BCUT2D eigenvalue weighted by Gasteiger charge is 2.14. The molecule has 0 aliphatic heterocycles. The van der Waals surface area contributed by atoms with Gasteiger partial charge in [-0.25, -0.2) is 14.8 Å². The van der Waals surface area contributed by atoms with E-state index in [0.29, 0.717) is 12.1 Å². The van der Waals surface area contributed by atoms with Crippen molar-refractivity contribution in [1.82, 2.24) is 15.0 Å². The fraction of sp³-hybridized carbons (Fsp3) is 0.250. The third kappa shape index (κ3) is 4.78. The Morgan fingerprint density at radius 1 is 1.36 bits per heavy atom. The van der Waals surface area contributed by atoms with E-state index in [4.69, 9.17) is 0 Å². The maximum absolute atomic E-state index is 12.0. The van der Waals surface area contributed by atoms with Crippen LogP contribution < -0.4 is 16.7 Å². The summed E-state index contributed by atoms with van der Waals surface area (Å²) in [5.74, 6) is -0.846. The number of rotatable bonds is 6. The van der Waals surface area contributed by atoms with E-state index in [-0.39, 0.29) is 11.5 Å². The molecule has 0 atom stereocenters. The molecule has 25 heavy (non-hydrogen) atoms. The van der Waals surface area contributed by atoms with Gasteiger partial charge in [0.25, 0.3) is 5.56 Å². The fourth-order valence-electron chi connectivity index (χ4n) is 2.05. The van der Waals surface area contributed by atoms with Gasteiger partial charge in [-0.3, -0.25) is 14.6 Å². The first-order valence-electron chi connectivity index (χ1n) is 7.60. The predicted octanol–water partition coefficient (Wildman–Crippen LogP) is 1.48. The average molecular weight is 456 g/mol. The van der Waals surface area contributed by atoms with Gasteiger partial charge >= 0.3 is 5.69 Å². The summed E-state index contributed by atoms with van der Waals surface area (Å²) in [6, 6.07) is 6.78. The van der Waals surface area contributed by atoms with Crippen molar-refractivity contribution in [1.29, 1.82) is 0 Å². The second kappa shape index (κ2) is 8.60. The number of carbonyl (C=O) groups excluding carboxylic acids is 1. The van der Waals surface area contributed by atoms with Crippen LogP contribution in [0.4, 0.5) is 0 Å². The average Bonchev–Trinajstić information content (AvgIpc) is 2.57. The molecule has 0 unspecified atom stereocenters. The lowest BCUT2D eigenvalue weighted by molar-refractivity contribution is -0.121. The summed E-state index contributed by atoms with van der Waals surface area (Å²) in [7, 11) is 0. The Morgan fingerprint density at radius 2 is 2.04 bits per heavy atom. The van der Waals surface area contributed by atoms with Crippen molar-refractivity contribution in [2.75, 3.05) is 0 Å². The number of hydrogen-bond donors (Lipinski definition) is 3. The number of aromatic amines is 1. The van der Waals surface area contributed by atoms with E-state index in [1.165, 1.54) is 0 Å². The number of aromatic nitrogens is 2. The largest absolute Gasteiger partial charge is 0.493 e. The van der Waals surface area contributed by atoms with Crippen molar-refractivity contribution in [3.8, 4) is 11.6 Å². The molecule has 0 aliphatic carbocycles. The third-order valence-electron chi connectivity index (χ3n) is 3.35. The minimum Gasteiger partial charge on any atom is -0.493 e. The maximum atomic E-state index is 12.0. The Labute approximate surface area is 156 Å². The van der Waals surface area contributed by atoms with Gasteiger partial charge in [-0.2, -0.15) is 5.10 Å². The Bertz CT molecular complexity index is 900. The number of nitrogens with zero attached hydrogens (tertiary/aromatic N) is 2. The van der Waals surface area contributed by atoms with Gasteiger partial charge in [-0.1, -0.05) is 13.3 Å². The van der Waals surface area contributed by atoms with E-state index in [2.05, 4.69) is 38.1 Å². The third-order valence-corrected chi connectivity index (χ3v) is 4.07. The number of amides is 1. The number of halogens is 1. The predicted molar refractivity (Wildman–Crippen MR) is 102 cm³/mol. The minimum absolute atomic E-state index is 0.228. The lowest BCUT2D eigenvalue weighted by Crippen LogP contribution is -2.31. The SMILES string of the molecule is CCCCC(=O)N/N=C/c1c(O)n(-c2ccc(I)cc2)c(=O)[nH]c1=O. The van der Waals surface area contributed by atoms with Gasteiger partial charge in [-0.05, 0) is 53.3 Å². The van der Waals surface area contributed by atoms with Gasteiger partial charge in [0.2, 0.25) is 11.8 Å². The van der Waals surface area contributed by atoms with Gasteiger partial charge in [0.15, 0.2) is 0 Å². The second-order valence-corrected chi connectivity index (χ2v) is 6.45. The molecule has 1 aromatic heterocycles. The Balaban J connectivity index is 2.35. The molecular weight excluding hydrogens is 439 g/mol. The number of hydrogen-bond acceptors (Lipinski definition) is 5. The molecular formula is C16H17IN4O4. The smallest absolute Gasteiger partial charge is 0.335 e. The number of benzene rings is 1. The highest BCUT2D eigenvalue weighted by molar-refractivity contribution is 14.1. The van der Waals surface area contributed by atoms with Crippen LogP contribution in [0.25, 0.3) is 5.69 Å². The zero-order valence-corrected chi connectivity index (χ0v) is 15.6. The van der Waals surface area contributed by atoms with E-state index in [1.807, 2.05) is 6.92 Å². The zero-order chi connectivity index (χ0) is 18.4. The molecule has 0 aliphatic rings. The van der Waals surface area contributed by atoms with Crippen LogP contribution in [0.2, 0.25) is 0 Å². The lowest BCUT2D eigenvalue weighted by atomic mass is 10.2. The van der Waals surface area contributed by atoms with Crippen molar-refractivity contribution < 1.29 is 9.90 Å². The maximum Gasteiger partial charge on any atom is 0.335 e. The molecule has 0 radical (unpaired) electrons. The van der Waals surface area contributed by atoms with Crippen molar-refractivity contribution in [3.05, 3.63) is 54.2 Å². The summed E-state index contributed by atoms with van der Waals surface area (Å²) in [4.78, 5) is 37.6. The molecule has 0 fully saturated rings. The molecule has 1 aromatic carbocycles. The number of hydrazone groups is 1. The van der Waals surface area contributed by atoms with Crippen molar-refractivity contribution >= 4 is 34.7 Å². The first-order chi connectivity index (χ1) is 11.9. The van der Waals surface area contributed by atoms with Crippen molar-refractivity contribution in [2.24, 2.45) is 5.10 Å². The normalized spacial score (nSPS) is 11.0. The second-order valence-electron chi connectivity index (χ2n) is 5.21. The fourth-order valence-corrected chi connectivity index (χ4v) is 2.41. The summed E-state index contributed by atoms with van der Waals surface area (Å²) in [5, 5.41) is 14.0. The van der Waals surface area contributed by atoms with Crippen LogP contribution >= 0.6 is 22.6 Å². The van der Waals surface area contributed by atoms with Gasteiger partial charge in [0, 0.05) is 9.99 Å². The summed E-state index contributed by atoms with van der Waals surface area (Å²) >= 11 is 2.11. The standard InChI is InChI=1S/C16H17IN4O4/c1-2-3-4-13(22)20-18-9-12-14(23)19-16(25)21(15(12)24)11-7-5-10(17)6-8-11/h5-9,24H,2-4H2,1H3,(H,20,22)(H,19,23,25)/b18-9+. The monoisotopic (exact) mass is 456 g/mol. The van der Waals surface area contributed by atoms with Gasteiger partial charge < -0.3 is 5.11 Å². The Hall–Kier alpha value is -2.43. The van der Waals surface area contributed by atoms with Crippen LogP contribution in [-0.2, 0) is 4.79 Å².